The summed E-state index contributed by atoms with van der Waals surface area (Å²) in [4.78, 5) is 35.5. The predicted octanol–water partition coefficient (Wildman–Crippen LogP) is 5.82. The molecule has 10 heteroatoms. The Morgan fingerprint density at radius 2 is 1.61 bits per heavy atom. The predicted molar refractivity (Wildman–Crippen MR) is 125 cm³/mol. The average molecular weight is 476 g/mol. The minimum Gasteiger partial charge on any atom is -0.307 e. The maximum atomic E-state index is 12.5. The molecule has 2 aromatic carbocycles. The van der Waals surface area contributed by atoms with E-state index in [9.17, 15) is 9.59 Å². The second-order valence-corrected chi connectivity index (χ2v) is 8.34. The molecule has 0 spiro atoms. The summed E-state index contributed by atoms with van der Waals surface area (Å²) < 4.78 is 3.10. The van der Waals surface area contributed by atoms with Gasteiger partial charge in [-0.25, -0.2) is 14.8 Å². The van der Waals surface area contributed by atoms with Gasteiger partial charge in [-0.05, 0) is 74.3 Å². The Hall–Kier alpha value is -2.81. The molecule has 0 saturated carbocycles. The van der Waals surface area contributed by atoms with E-state index in [1.807, 2.05) is 32.0 Å². The van der Waals surface area contributed by atoms with E-state index in [0.29, 0.717) is 16.7 Å². The maximum absolute atomic E-state index is 12.5. The van der Waals surface area contributed by atoms with Gasteiger partial charge in [-0.3, -0.25) is 14.4 Å². The quantitative estimate of drug-likeness (QED) is 0.451. The zero-order valence-corrected chi connectivity index (χ0v) is 19.3. The molecule has 1 aromatic heterocycles. The molecule has 3 rings (SSSR count). The summed E-state index contributed by atoms with van der Waals surface area (Å²) in [5.74, 6) is -0.00938. The van der Waals surface area contributed by atoms with Crippen LogP contribution in [-0.4, -0.2) is 33.9 Å². The largest absolute Gasteiger partial charge is 0.328 e. The van der Waals surface area contributed by atoms with Gasteiger partial charge in [-0.15, -0.1) is 0 Å². The van der Waals surface area contributed by atoms with Gasteiger partial charge >= 0.3 is 6.03 Å². The first-order chi connectivity index (χ1) is 14.7. The van der Waals surface area contributed by atoms with Crippen LogP contribution in [0.15, 0.2) is 53.4 Å². The first kappa shape index (κ1) is 22.9. The van der Waals surface area contributed by atoms with Crippen molar-refractivity contribution >= 4 is 58.7 Å². The van der Waals surface area contributed by atoms with Gasteiger partial charge in [0.25, 0.3) is 5.91 Å². The van der Waals surface area contributed by atoms with Crippen LogP contribution >= 0.6 is 35.1 Å². The number of amides is 3. The molecule has 0 aliphatic carbocycles. The maximum Gasteiger partial charge on any atom is 0.328 e. The number of rotatable bonds is 5. The van der Waals surface area contributed by atoms with E-state index >= 15 is 0 Å². The number of imide groups is 1. The average Bonchev–Trinajstić information content (AvgIpc) is 2.71. The lowest BCUT2D eigenvalue weighted by Gasteiger charge is -2.17. The summed E-state index contributed by atoms with van der Waals surface area (Å²) in [5.41, 5.74) is 2.49. The third-order valence-corrected chi connectivity index (χ3v) is 5.46. The minimum absolute atomic E-state index is 0.179. The molecule has 2 N–H and O–H groups in total. The van der Waals surface area contributed by atoms with Crippen molar-refractivity contribution in [1.29, 1.82) is 0 Å². The highest BCUT2D eigenvalue weighted by Crippen LogP contribution is 2.23. The first-order valence-corrected chi connectivity index (χ1v) is 10.7. The third-order valence-electron chi connectivity index (χ3n) is 4.12. The van der Waals surface area contributed by atoms with Crippen molar-refractivity contribution in [1.82, 2.24) is 14.9 Å². The minimum atomic E-state index is -0.585. The SMILES string of the molecule is Cc1cc(C)nc(NSc2ccc(NC(=O)N(C)C(=O)c3ccc(Cl)cc3Cl)cc2)n1. The van der Waals surface area contributed by atoms with Crippen LogP contribution in [0.3, 0.4) is 0 Å². The van der Waals surface area contributed by atoms with Crippen molar-refractivity contribution in [2.45, 2.75) is 18.7 Å². The Morgan fingerprint density at radius 1 is 0.968 bits per heavy atom. The molecule has 0 radical (unpaired) electrons. The van der Waals surface area contributed by atoms with Crippen LogP contribution in [0.1, 0.15) is 21.7 Å². The molecule has 0 atom stereocenters. The van der Waals surface area contributed by atoms with Crippen LogP contribution < -0.4 is 10.0 Å². The highest BCUT2D eigenvalue weighted by atomic mass is 35.5. The van der Waals surface area contributed by atoms with Gasteiger partial charge in [-0.2, -0.15) is 0 Å². The van der Waals surface area contributed by atoms with Gasteiger partial charge in [0.1, 0.15) is 0 Å². The van der Waals surface area contributed by atoms with Crippen LogP contribution in [0.2, 0.25) is 10.0 Å². The van der Waals surface area contributed by atoms with Crippen molar-refractivity contribution < 1.29 is 9.59 Å². The highest BCUT2D eigenvalue weighted by molar-refractivity contribution is 8.00. The molecule has 0 aliphatic heterocycles. The molecule has 0 fully saturated rings. The molecule has 3 aromatic rings. The third kappa shape index (κ3) is 6.10. The van der Waals surface area contributed by atoms with E-state index < -0.39 is 11.9 Å². The van der Waals surface area contributed by atoms with Crippen molar-refractivity contribution in [3.05, 3.63) is 75.5 Å². The molecule has 1 heterocycles. The number of halogens is 2. The van der Waals surface area contributed by atoms with Crippen LogP contribution in [0.4, 0.5) is 16.4 Å². The monoisotopic (exact) mass is 475 g/mol. The van der Waals surface area contributed by atoms with Gasteiger partial charge in [0, 0.05) is 34.0 Å². The molecule has 0 saturated heterocycles. The molecular formula is C21H19Cl2N5O2S. The number of nitrogens with zero attached hydrogens (tertiary/aromatic N) is 3. The Kier molecular flexibility index (Phi) is 7.37. The molecule has 7 nitrogen and oxygen atoms in total. The highest BCUT2D eigenvalue weighted by Gasteiger charge is 2.21. The number of anilines is 2. The van der Waals surface area contributed by atoms with Crippen molar-refractivity contribution in [2.75, 3.05) is 17.1 Å². The number of nitrogens with one attached hydrogen (secondary N) is 2. The van der Waals surface area contributed by atoms with Crippen LogP contribution in [0.25, 0.3) is 0 Å². The fourth-order valence-corrected chi connectivity index (χ4v) is 3.69. The van der Waals surface area contributed by atoms with E-state index in [1.54, 1.807) is 18.2 Å². The van der Waals surface area contributed by atoms with Gasteiger partial charge in [0.2, 0.25) is 5.95 Å². The molecule has 3 amide bonds. The standard InChI is InChI=1S/C21H19Cl2N5O2S/c1-12-10-13(2)25-20(24-12)27-31-16-7-5-15(6-8-16)26-21(30)28(3)19(29)17-9-4-14(22)11-18(17)23/h4-11H,1-3H3,(H,26,30)(H,24,25,27). The number of aromatic nitrogens is 2. The summed E-state index contributed by atoms with van der Waals surface area (Å²) in [6.45, 7) is 3.81. The number of benzene rings is 2. The summed E-state index contributed by atoms with van der Waals surface area (Å²) in [7, 11) is 1.38. The van der Waals surface area contributed by atoms with E-state index in [-0.39, 0.29) is 10.6 Å². The van der Waals surface area contributed by atoms with E-state index in [2.05, 4.69) is 20.0 Å². The van der Waals surface area contributed by atoms with Crippen LogP contribution in [0.5, 0.6) is 0 Å². The lowest BCUT2D eigenvalue weighted by molar-refractivity contribution is 0.0841. The number of carbonyl (C=O) groups is 2. The normalized spacial score (nSPS) is 10.5. The molecule has 160 valence electrons. The number of hydrogen-bond acceptors (Lipinski definition) is 6. The number of aryl methyl sites for hydroxylation is 2. The molecular weight excluding hydrogens is 457 g/mol. The van der Waals surface area contributed by atoms with Crippen molar-refractivity contribution in [3.8, 4) is 0 Å². The van der Waals surface area contributed by atoms with Crippen molar-refractivity contribution in [3.63, 3.8) is 0 Å². The number of carbonyl (C=O) groups excluding carboxylic acids is 2. The zero-order valence-electron chi connectivity index (χ0n) is 16.9. The van der Waals surface area contributed by atoms with E-state index in [1.165, 1.54) is 31.1 Å². The van der Waals surface area contributed by atoms with Crippen LogP contribution in [0, 0.1) is 13.8 Å². The van der Waals surface area contributed by atoms with Gasteiger partial charge in [0.05, 0.1) is 10.6 Å². The lowest BCUT2D eigenvalue weighted by Crippen LogP contribution is -2.36. The first-order valence-electron chi connectivity index (χ1n) is 9.12. The summed E-state index contributed by atoms with van der Waals surface area (Å²) in [6.07, 6.45) is 0. The molecule has 0 bridgehead atoms. The topological polar surface area (TPSA) is 87.2 Å². The molecule has 0 aliphatic rings. The smallest absolute Gasteiger partial charge is 0.307 e. The van der Waals surface area contributed by atoms with Gasteiger partial charge in [0.15, 0.2) is 0 Å². The Morgan fingerprint density at radius 3 is 2.23 bits per heavy atom. The van der Waals surface area contributed by atoms with Gasteiger partial charge < -0.3 is 5.32 Å². The summed E-state index contributed by atoms with van der Waals surface area (Å²) in [5, 5.41) is 3.27. The lowest BCUT2D eigenvalue weighted by atomic mass is 10.2. The van der Waals surface area contributed by atoms with E-state index in [0.717, 1.165) is 21.2 Å². The summed E-state index contributed by atoms with van der Waals surface area (Å²) in [6, 6.07) is 12.9. The fourth-order valence-electron chi connectivity index (χ4n) is 2.63. The van der Waals surface area contributed by atoms with E-state index in [4.69, 9.17) is 23.2 Å². The van der Waals surface area contributed by atoms with Crippen molar-refractivity contribution in [2.24, 2.45) is 0 Å². The second kappa shape index (κ2) is 10.00. The van der Waals surface area contributed by atoms with Crippen LogP contribution in [-0.2, 0) is 0 Å². The Balaban J connectivity index is 1.59. The fraction of sp³-hybridized carbons (Fsp3) is 0.143. The Bertz CT molecular complexity index is 1110. The molecule has 31 heavy (non-hydrogen) atoms. The number of hydrogen-bond donors (Lipinski definition) is 2. The zero-order chi connectivity index (χ0) is 22.5. The van der Waals surface area contributed by atoms with Gasteiger partial charge in [-0.1, -0.05) is 23.2 Å². The summed E-state index contributed by atoms with van der Waals surface area (Å²) >= 11 is 13.3. The second-order valence-electron chi connectivity index (χ2n) is 6.62. The molecule has 0 unspecified atom stereocenters. The Labute approximate surface area is 194 Å². The number of urea groups is 1.